The molecule has 0 aromatic rings. The smallest absolute Gasteiger partial charge is 0.420 e. The number of amides is 2. The number of carbonyl (C=O) groups is 2. The van der Waals surface area contributed by atoms with Gasteiger partial charge < -0.3 is 14.2 Å². The van der Waals surface area contributed by atoms with Gasteiger partial charge in [-0.1, -0.05) is 32.1 Å². The molecule has 0 radical (unpaired) electrons. The van der Waals surface area contributed by atoms with E-state index in [0.29, 0.717) is 12.5 Å². The average molecular weight is 325 g/mol. The third-order valence-corrected chi connectivity index (χ3v) is 4.76. The zero-order valence-electron chi connectivity index (χ0n) is 14.2. The van der Waals surface area contributed by atoms with E-state index in [1.165, 1.54) is 24.2 Å². The molecule has 0 aromatic heterocycles. The molecular formula is C17H27NO5. The van der Waals surface area contributed by atoms with Crippen LogP contribution in [0.15, 0.2) is 0 Å². The molecule has 3 aliphatic rings. The Morgan fingerprint density at radius 3 is 2.48 bits per heavy atom. The van der Waals surface area contributed by atoms with Gasteiger partial charge in [0.15, 0.2) is 6.10 Å². The zero-order valence-corrected chi connectivity index (χ0v) is 14.2. The Kier molecular flexibility index (Phi) is 4.54. The van der Waals surface area contributed by atoms with Crippen molar-refractivity contribution in [1.29, 1.82) is 0 Å². The summed E-state index contributed by atoms with van der Waals surface area (Å²) in [6.45, 7) is 5.99. The van der Waals surface area contributed by atoms with Crippen molar-refractivity contribution < 1.29 is 23.8 Å². The van der Waals surface area contributed by atoms with Gasteiger partial charge in [-0.2, -0.15) is 0 Å². The van der Waals surface area contributed by atoms with E-state index >= 15 is 0 Å². The molecule has 1 aliphatic carbocycles. The minimum Gasteiger partial charge on any atom is -0.443 e. The fraction of sp³-hybridized carbons (Fsp3) is 0.882. The number of hydrogen-bond donors (Lipinski definition) is 0. The Morgan fingerprint density at radius 2 is 1.91 bits per heavy atom. The molecule has 0 N–H and O–H groups in total. The number of nitrogens with zero attached hydrogens (tertiary/aromatic N) is 1. The monoisotopic (exact) mass is 325 g/mol. The van der Waals surface area contributed by atoms with Gasteiger partial charge in [0.25, 0.3) is 0 Å². The Balaban J connectivity index is 1.73. The van der Waals surface area contributed by atoms with Crippen molar-refractivity contribution in [3.63, 3.8) is 0 Å². The molecule has 2 aliphatic heterocycles. The first-order chi connectivity index (χ1) is 10.8. The highest BCUT2D eigenvalue weighted by atomic mass is 16.6. The summed E-state index contributed by atoms with van der Waals surface area (Å²) >= 11 is 0. The first-order valence-electron chi connectivity index (χ1n) is 8.69. The third-order valence-electron chi connectivity index (χ3n) is 4.76. The molecule has 3 fully saturated rings. The van der Waals surface area contributed by atoms with E-state index in [4.69, 9.17) is 14.2 Å². The topological polar surface area (TPSA) is 68.4 Å². The van der Waals surface area contributed by atoms with Crippen molar-refractivity contribution in [2.24, 2.45) is 5.92 Å². The minimum absolute atomic E-state index is 0.0695. The highest BCUT2D eigenvalue weighted by Gasteiger charge is 2.54. The van der Waals surface area contributed by atoms with Gasteiger partial charge in [-0.3, -0.25) is 0 Å². The van der Waals surface area contributed by atoms with Crippen molar-refractivity contribution in [1.82, 2.24) is 4.90 Å². The van der Waals surface area contributed by atoms with Gasteiger partial charge in [-0.15, -0.1) is 0 Å². The maximum absolute atomic E-state index is 12.5. The Hall–Kier alpha value is -1.30. The van der Waals surface area contributed by atoms with Crippen LogP contribution in [0.4, 0.5) is 9.59 Å². The van der Waals surface area contributed by atoms with Gasteiger partial charge in [0.05, 0.1) is 12.6 Å². The second kappa shape index (κ2) is 6.30. The minimum atomic E-state index is -0.638. The molecule has 3 rings (SSSR count). The number of rotatable bonds is 3. The summed E-state index contributed by atoms with van der Waals surface area (Å²) in [5, 5.41) is 0. The molecule has 2 heterocycles. The lowest BCUT2D eigenvalue weighted by Gasteiger charge is -2.30. The average Bonchev–Trinajstić information content (AvgIpc) is 3.23. The van der Waals surface area contributed by atoms with Crippen LogP contribution in [0.5, 0.6) is 0 Å². The number of cyclic esters (lactones) is 1. The first kappa shape index (κ1) is 16.6. The highest BCUT2D eigenvalue weighted by Crippen LogP contribution is 2.37. The molecule has 1 saturated carbocycles. The van der Waals surface area contributed by atoms with Gasteiger partial charge in [-0.05, 0) is 33.1 Å². The third kappa shape index (κ3) is 3.97. The summed E-state index contributed by atoms with van der Waals surface area (Å²) in [5.74, 6) is 0.537. The van der Waals surface area contributed by atoms with Crippen LogP contribution in [0.2, 0.25) is 0 Å². The van der Waals surface area contributed by atoms with Gasteiger partial charge in [0.1, 0.15) is 11.7 Å². The molecular weight excluding hydrogens is 298 g/mol. The van der Waals surface area contributed by atoms with Crippen molar-refractivity contribution >= 4 is 12.2 Å². The van der Waals surface area contributed by atoms with Gasteiger partial charge >= 0.3 is 12.2 Å². The van der Waals surface area contributed by atoms with E-state index in [0.717, 1.165) is 19.3 Å². The van der Waals surface area contributed by atoms with E-state index < -0.39 is 17.8 Å². The van der Waals surface area contributed by atoms with Crippen LogP contribution < -0.4 is 0 Å². The fourth-order valence-corrected chi connectivity index (χ4v) is 3.63. The standard InChI is InChI=1S/C17H27NO5/c1-17(2,3)23-16(20)18-12(9-11-7-5-4-6-8-11)14(13-10-21-13)22-15(18)19/h11-14H,4-10H2,1-3H3/t12-,13-,14+/m0/s1. The summed E-state index contributed by atoms with van der Waals surface area (Å²) in [5.41, 5.74) is -0.638. The SMILES string of the molecule is CC(C)(C)OC(=O)N1C(=O)O[C@@H]([C@@H]2CO2)[C@@H]1CC1CCCCC1. The van der Waals surface area contributed by atoms with Crippen molar-refractivity contribution in [3.8, 4) is 0 Å². The fourth-order valence-electron chi connectivity index (χ4n) is 3.63. The van der Waals surface area contributed by atoms with Crippen LogP contribution >= 0.6 is 0 Å². The molecule has 23 heavy (non-hydrogen) atoms. The molecule has 130 valence electrons. The molecule has 2 amide bonds. The number of imide groups is 1. The molecule has 6 nitrogen and oxygen atoms in total. The van der Waals surface area contributed by atoms with Crippen LogP contribution in [-0.4, -0.2) is 47.5 Å². The van der Waals surface area contributed by atoms with E-state index in [9.17, 15) is 9.59 Å². The lowest BCUT2D eigenvalue weighted by atomic mass is 9.83. The summed E-state index contributed by atoms with van der Waals surface area (Å²) in [4.78, 5) is 25.9. The van der Waals surface area contributed by atoms with Crippen LogP contribution in [0.1, 0.15) is 59.3 Å². The van der Waals surface area contributed by atoms with Gasteiger partial charge in [-0.25, -0.2) is 14.5 Å². The van der Waals surface area contributed by atoms with E-state index in [1.54, 1.807) is 20.8 Å². The number of epoxide rings is 1. The van der Waals surface area contributed by atoms with Crippen LogP contribution in [0.3, 0.4) is 0 Å². The molecule has 0 unspecified atom stereocenters. The zero-order chi connectivity index (χ0) is 16.6. The summed E-state index contributed by atoms with van der Waals surface area (Å²) in [7, 11) is 0. The normalized spacial score (nSPS) is 31.9. The predicted octanol–water partition coefficient (Wildman–Crippen LogP) is 3.48. The molecule has 3 atom stereocenters. The van der Waals surface area contributed by atoms with Crippen molar-refractivity contribution in [3.05, 3.63) is 0 Å². The summed E-state index contributed by atoms with van der Waals surface area (Å²) in [6.07, 6.45) is 5.21. The first-order valence-corrected chi connectivity index (χ1v) is 8.69. The molecule has 0 bridgehead atoms. The van der Waals surface area contributed by atoms with E-state index in [-0.39, 0.29) is 18.2 Å². The molecule has 2 saturated heterocycles. The maximum atomic E-state index is 12.5. The second-order valence-corrected chi connectivity index (χ2v) is 7.88. The van der Waals surface area contributed by atoms with Crippen LogP contribution in [0, 0.1) is 5.92 Å². The summed E-state index contributed by atoms with van der Waals surface area (Å²) in [6, 6.07) is -0.270. The van der Waals surface area contributed by atoms with Gasteiger partial charge in [0.2, 0.25) is 0 Å². The molecule has 0 spiro atoms. The van der Waals surface area contributed by atoms with Crippen LogP contribution in [0.25, 0.3) is 0 Å². The largest absolute Gasteiger partial charge is 0.443 e. The number of hydrogen-bond acceptors (Lipinski definition) is 5. The predicted molar refractivity (Wildman–Crippen MR) is 83.1 cm³/mol. The lowest BCUT2D eigenvalue weighted by molar-refractivity contribution is 0.0262. The Labute approximate surface area is 137 Å². The van der Waals surface area contributed by atoms with Crippen molar-refractivity contribution in [2.45, 2.75) is 83.1 Å². The highest BCUT2D eigenvalue weighted by molar-refractivity contribution is 5.90. The maximum Gasteiger partial charge on any atom is 0.420 e. The quantitative estimate of drug-likeness (QED) is 0.743. The van der Waals surface area contributed by atoms with E-state index in [1.807, 2.05) is 0 Å². The second-order valence-electron chi connectivity index (χ2n) is 7.88. The Bertz CT molecular complexity index is 462. The summed E-state index contributed by atoms with van der Waals surface area (Å²) < 4.78 is 16.2. The van der Waals surface area contributed by atoms with Gasteiger partial charge in [0, 0.05) is 0 Å². The van der Waals surface area contributed by atoms with Crippen LogP contribution in [-0.2, 0) is 14.2 Å². The van der Waals surface area contributed by atoms with E-state index in [2.05, 4.69) is 0 Å². The molecule has 0 aromatic carbocycles. The molecule has 6 heteroatoms. The number of ether oxygens (including phenoxy) is 3. The lowest BCUT2D eigenvalue weighted by Crippen LogP contribution is -2.46. The number of carbonyl (C=O) groups excluding carboxylic acids is 2. The van der Waals surface area contributed by atoms with Crippen molar-refractivity contribution in [2.75, 3.05) is 6.61 Å². The Morgan fingerprint density at radius 1 is 1.26 bits per heavy atom.